The van der Waals surface area contributed by atoms with Gasteiger partial charge in [-0.25, -0.2) is 0 Å². The largest absolute Gasteiger partial charge is 0.494 e. The normalized spacial score (nSPS) is 11.6. The highest BCUT2D eigenvalue weighted by molar-refractivity contribution is 6.30. The number of amides is 1. The van der Waals surface area contributed by atoms with Crippen LogP contribution in [-0.2, 0) is 23.9 Å². The number of nitrogens with zero attached hydrogens (tertiary/aromatic N) is 2. The zero-order chi connectivity index (χ0) is 24.3. The van der Waals surface area contributed by atoms with Gasteiger partial charge in [-0.05, 0) is 60.5 Å². The zero-order valence-electron chi connectivity index (χ0n) is 18.2. The fourth-order valence-corrected chi connectivity index (χ4v) is 4.03. The third kappa shape index (κ3) is 5.17. The number of carbonyl (C=O) groups excluding carboxylic acids is 1. The van der Waals surface area contributed by atoms with Crippen LogP contribution in [0.3, 0.4) is 0 Å². The molecule has 2 aromatic heterocycles. The van der Waals surface area contributed by atoms with E-state index < -0.39 is 24.2 Å². The van der Waals surface area contributed by atoms with Gasteiger partial charge < -0.3 is 14.6 Å². The maximum absolute atomic E-state index is 14.4. The van der Waals surface area contributed by atoms with Crippen LogP contribution in [0.5, 0.6) is 5.75 Å². The van der Waals surface area contributed by atoms with E-state index in [0.29, 0.717) is 39.5 Å². The predicted octanol–water partition coefficient (Wildman–Crippen LogP) is 6.34. The molecule has 5 nitrogen and oxygen atoms in total. The van der Waals surface area contributed by atoms with Crippen LogP contribution >= 0.6 is 11.6 Å². The maximum Gasteiger partial charge on any atom is 0.431 e. The molecule has 34 heavy (non-hydrogen) atoms. The van der Waals surface area contributed by atoms with Crippen LogP contribution in [0.4, 0.5) is 18.9 Å². The van der Waals surface area contributed by atoms with E-state index in [-0.39, 0.29) is 12.1 Å². The van der Waals surface area contributed by atoms with Gasteiger partial charge >= 0.3 is 6.18 Å². The van der Waals surface area contributed by atoms with Crippen LogP contribution < -0.4 is 10.1 Å². The van der Waals surface area contributed by atoms with E-state index in [4.69, 9.17) is 16.3 Å². The fourth-order valence-electron chi connectivity index (χ4n) is 3.90. The predicted molar refractivity (Wildman–Crippen MR) is 125 cm³/mol. The molecule has 0 aliphatic heterocycles. The van der Waals surface area contributed by atoms with Gasteiger partial charge in [-0.3, -0.25) is 9.78 Å². The number of aromatic nitrogens is 2. The smallest absolute Gasteiger partial charge is 0.431 e. The van der Waals surface area contributed by atoms with Gasteiger partial charge in [-0.1, -0.05) is 23.7 Å². The molecule has 0 aliphatic carbocycles. The van der Waals surface area contributed by atoms with Crippen molar-refractivity contribution >= 4 is 34.1 Å². The number of anilines is 1. The van der Waals surface area contributed by atoms with Crippen LogP contribution in [0.25, 0.3) is 10.9 Å². The van der Waals surface area contributed by atoms with Crippen molar-refractivity contribution < 1.29 is 22.7 Å². The molecule has 4 aromatic rings. The van der Waals surface area contributed by atoms with E-state index in [2.05, 4.69) is 10.3 Å². The van der Waals surface area contributed by atoms with Gasteiger partial charge in [0.2, 0.25) is 5.91 Å². The number of alkyl halides is 3. The Bertz CT molecular complexity index is 1300. The molecular formula is C25H21ClF3N3O2. The average molecular weight is 488 g/mol. The van der Waals surface area contributed by atoms with Gasteiger partial charge in [0, 0.05) is 40.6 Å². The standard InChI is InChI=1S/C25H21ClF3N3O2/c1-2-34-19-7-8-22-20(13-19)21(14-23(33)31-18-9-11-30-12-10-18)24(25(27,28)29)32(22)15-16-3-5-17(26)6-4-16/h3-13H,2,14-15H2,1H3,(H,30,31,33). The topological polar surface area (TPSA) is 56.1 Å². The number of ether oxygens (including phenoxy) is 1. The van der Waals surface area contributed by atoms with Gasteiger partial charge in [0.15, 0.2) is 0 Å². The molecule has 0 saturated heterocycles. The second-order valence-corrected chi connectivity index (χ2v) is 8.05. The molecule has 0 atom stereocenters. The summed E-state index contributed by atoms with van der Waals surface area (Å²) in [7, 11) is 0. The summed E-state index contributed by atoms with van der Waals surface area (Å²) >= 11 is 5.94. The summed E-state index contributed by atoms with van der Waals surface area (Å²) in [6.45, 7) is 2.11. The van der Waals surface area contributed by atoms with Crippen LogP contribution in [0.2, 0.25) is 5.02 Å². The third-order valence-electron chi connectivity index (χ3n) is 5.27. The molecule has 0 bridgehead atoms. The Kier molecular flexibility index (Phi) is 6.79. The highest BCUT2D eigenvalue weighted by atomic mass is 35.5. The number of hydrogen-bond donors (Lipinski definition) is 1. The summed E-state index contributed by atoms with van der Waals surface area (Å²) in [6.07, 6.45) is -2.17. The quantitative estimate of drug-likeness (QED) is 0.331. The molecule has 0 fully saturated rings. The number of fused-ring (bicyclic) bond motifs is 1. The number of carbonyl (C=O) groups is 1. The second kappa shape index (κ2) is 9.77. The molecule has 0 spiro atoms. The first kappa shape index (κ1) is 23.6. The SMILES string of the molecule is CCOc1ccc2c(c1)c(CC(=O)Nc1ccncc1)c(C(F)(F)F)n2Cc1ccc(Cl)cc1. The molecule has 0 saturated carbocycles. The van der Waals surface area contributed by atoms with Gasteiger partial charge in [-0.15, -0.1) is 0 Å². The fraction of sp³-hybridized carbons (Fsp3) is 0.200. The Hall–Kier alpha value is -3.52. The number of rotatable bonds is 7. The molecule has 0 radical (unpaired) electrons. The van der Waals surface area contributed by atoms with E-state index in [1.807, 2.05) is 0 Å². The van der Waals surface area contributed by atoms with Crippen molar-refractivity contribution in [1.29, 1.82) is 0 Å². The Balaban J connectivity index is 1.84. The summed E-state index contributed by atoms with van der Waals surface area (Å²) in [5.41, 5.74) is 0.486. The molecule has 2 aromatic carbocycles. The highest BCUT2D eigenvalue weighted by Crippen LogP contribution is 2.40. The number of hydrogen-bond acceptors (Lipinski definition) is 3. The average Bonchev–Trinajstić information content (AvgIpc) is 3.09. The lowest BCUT2D eigenvalue weighted by Gasteiger charge is -2.15. The Morgan fingerprint density at radius 1 is 1.09 bits per heavy atom. The van der Waals surface area contributed by atoms with Crippen LogP contribution in [0, 0.1) is 0 Å². The minimum absolute atomic E-state index is 0.0392. The second-order valence-electron chi connectivity index (χ2n) is 7.61. The minimum atomic E-state index is -4.69. The third-order valence-corrected chi connectivity index (χ3v) is 5.53. The first-order valence-corrected chi connectivity index (χ1v) is 10.9. The monoisotopic (exact) mass is 487 g/mol. The van der Waals surface area contributed by atoms with E-state index in [1.165, 1.54) is 17.0 Å². The van der Waals surface area contributed by atoms with Gasteiger partial charge in [0.1, 0.15) is 11.4 Å². The molecule has 1 amide bonds. The zero-order valence-corrected chi connectivity index (χ0v) is 19.0. The lowest BCUT2D eigenvalue weighted by molar-refractivity contribution is -0.143. The van der Waals surface area contributed by atoms with Crippen molar-refractivity contribution in [3.8, 4) is 5.75 Å². The maximum atomic E-state index is 14.4. The van der Waals surface area contributed by atoms with Crippen molar-refractivity contribution in [2.24, 2.45) is 0 Å². The lowest BCUT2D eigenvalue weighted by atomic mass is 10.1. The molecule has 1 N–H and O–H groups in total. The number of pyridine rings is 1. The van der Waals surface area contributed by atoms with Crippen molar-refractivity contribution in [2.75, 3.05) is 11.9 Å². The molecule has 176 valence electrons. The summed E-state index contributed by atoms with van der Waals surface area (Å²) < 4.78 is 50.0. The first-order chi connectivity index (χ1) is 16.3. The minimum Gasteiger partial charge on any atom is -0.494 e. The number of nitrogens with one attached hydrogen (secondary N) is 1. The Morgan fingerprint density at radius 3 is 2.44 bits per heavy atom. The molecule has 4 rings (SSSR count). The van der Waals surface area contributed by atoms with Crippen LogP contribution in [-0.4, -0.2) is 22.1 Å². The van der Waals surface area contributed by atoms with E-state index in [1.54, 1.807) is 61.5 Å². The van der Waals surface area contributed by atoms with Crippen LogP contribution in [0.15, 0.2) is 67.0 Å². The Morgan fingerprint density at radius 2 is 1.79 bits per heavy atom. The van der Waals surface area contributed by atoms with Crippen molar-refractivity contribution in [2.45, 2.75) is 26.1 Å². The van der Waals surface area contributed by atoms with E-state index in [9.17, 15) is 18.0 Å². The Labute approximate surface area is 199 Å². The molecule has 0 aliphatic rings. The molecule has 2 heterocycles. The molecule has 9 heteroatoms. The highest BCUT2D eigenvalue weighted by Gasteiger charge is 2.39. The molecule has 0 unspecified atom stereocenters. The molecular weight excluding hydrogens is 467 g/mol. The van der Waals surface area contributed by atoms with Crippen molar-refractivity contribution in [3.05, 3.63) is 88.8 Å². The summed E-state index contributed by atoms with van der Waals surface area (Å²) in [4.78, 5) is 16.6. The number of benzene rings is 2. The first-order valence-electron chi connectivity index (χ1n) is 10.6. The van der Waals surface area contributed by atoms with Crippen molar-refractivity contribution in [3.63, 3.8) is 0 Å². The van der Waals surface area contributed by atoms with Gasteiger partial charge in [0.05, 0.1) is 13.0 Å². The van der Waals surface area contributed by atoms with Crippen LogP contribution in [0.1, 0.15) is 23.7 Å². The van der Waals surface area contributed by atoms with Gasteiger partial charge in [-0.2, -0.15) is 13.2 Å². The summed E-state index contributed by atoms with van der Waals surface area (Å²) in [5, 5.41) is 3.45. The van der Waals surface area contributed by atoms with E-state index >= 15 is 0 Å². The summed E-state index contributed by atoms with van der Waals surface area (Å²) in [6, 6.07) is 14.5. The number of halogens is 4. The van der Waals surface area contributed by atoms with E-state index in [0.717, 1.165) is 0 Å². The van der Waals surface area contributed by atoms with Gasteiger partial charge in [0.25, 0.3) is 0 Å². The van der Waals surface area contributed by atoms with Crippen molar-refractivity contribution in [1.82, 2.24) is 9.55 Å². The summed E-state index contributed by atoms with van der Waals surface area (Å²) in [5.74, 6) is -0.132. The lowest BCUT2D eigenvalue weighted by Crippen LogP contribution is -2.20.